The Balaban J connectivity index is 0.00000225. The Hall–Kier alpha value is -2.12. The van der Waals surface area contributed by atoms with Crippen molar-refractivity contribution in [2.24, 2.45) is 11.7 Å². The lowest BCUT2D eigenvalue weighted by atomic mass is 10.0. The van der Waals surface area contributed by atoms with Gasteiger partial charge in [0, 0.05) is 24.4 Å². The van der Waals surface area contributed by atoms with E-state index in [1.807, 2.05) is 24.3 Å². The number of hydrogen-bond acceptors (Lipinski definition) is 4. The molecule has 1 aromatic heterocycles. The molecule has 5 N–H and O–H groups in total. The molecule has 2 amide bonds. The number of carbonyl (C=O) groups is 2. The third-order valence-electron chi connectivity index (χ3n) is 4.63. The fraction of sp³-hybridized carbons (Fsp3) is 0.471. The lowest BCUT2D eigenvalue weighted by molar-refractivity contribution is -0.121. The molecular weight excluding hydrogens is 342 g/mol. The molecule has 2 unspecified atom stereocenters. The molecule has 0 radical (unpaired) electrons. The summed E-state index contributed by atoms with van der Waals surface area (Å²) in [5, 5.41) is 13.4. The van der Waals surface area contributed by atoms with Crippen LogP contribution in [0.15, 0.2) is 24.3 Å². The van der Waals surface area contributed by atoms with Gasteiger partial charge in [0.15, 0.2) is 5.69 Å². The predicted octanol–water partition coefficient (Wildman–Crippen LogP) is 1.35. The summed E-state index contributed by atoms with van der Waals surface area (Å²) >= 11 is 0. The van der Waals surface area contributed by atoms with Gasteiger partial charge >= 0.3 is 0 Å². The first kappa shape index (κ1) is 19.2. The molecule has 1 saturated carbocycles. The second-order valence-electron chi connectivity index (χ2n) is 6.22. The molecule has 1 aliphatic carbocycles. The van der Waals surface area contributed by atoms with Gasteiger partial charge in [-0.05, 0) is 31.4 Å². The lowest BCUT2D eigenvalue weighted by Crippen LogP contribution is -2.41. The van der Waals surface area contributed by atoms with Crippen LogP contribution in [0.3, 0.4) is 0 Å². The Morgan fingerprint density at radius 3 is 2.88 bits per heavy atom. The van der Waals surface area contributed by atoms with Crippen molar-refractivity contribution in [3.63, 3.8) is 0 Å². The molecule has 1 aliphatic rings. The highest BCUT2D eigenvalue weighted by molar-refractivity contribution is 6.04. The zero-order valence-electron chi connectivity index (χ0n) is 14.0. The first-order chi connectivity index (χ1) is 11.7. The Kier molecular flexibility index (Phi) is 6.78. The number of halogens is 1. The topological polar surface area (TPSA) is 113 Å². The standard InChI is InChI=1S/C17H23N5O2.ClH/c18-10-11-4-3-7-13(11)20-15(23)8-9-19-17(24)16-12-5-1-2-6-14(12)21-22-16;/h1-2,5-6,11,13H,3-4,7-10,18H2,(H,19,24)(H,20,23)(H,21,22);1H. The van der Waals surface area contributed by atoms with E-state index in [2.05, 4.69) is 20.8 Å². The predicted molar refractivity (Wildman–Crippen MR) is 98.6 cm³/mol. The first-order valence-electron chi connectivity index (χ1n) is 8.39. The van der Waals surface area contributed by atoms with Crippen molar-refractivity contribution >= 4 is 35.1 Å². The van der Waals surface area contributed by atoms with Crippen molar-refractivity contribution in [3.8, 4) is 0 Å². The van der Waals surface area contributed by atoms with Gasteiger partial charge in [0.25, 0.3) is 5.91 Å². The maximum absolute atomic E-state index is 12.2. The summed E-state index contributed by atoms with van der Waals surface area (Å²) < 4.78 is 0. The summed E-state index contributed by atoms with van der Waals surface area (Å²) in [4.78, 5) is 24.2. The van der Waals surface area contributed by atoms with Gasteiger partial charge in [-0.25, -0.2) is 0 Å². The second kappa shape index (κ2) is 8.82. The molecule has 136 valence electrons. The van der Waals surface area contributed by atoms with Gasteiger partial charge in [-0.3, -0.25) is 14.7 Å². The number of aromatic amines is 1. The van der Waals surface area contributed by atoms with Crippen molar-refractivity contribution in [2.75, 3.05) is 13.1 Å². The molecule has 7 nitrogen and oxygen atoms in total. The van der Waals surface area contributed by atoms with E-state index in [4.69, 9.17) is 5.73 Å². The van der Waals surface area contributed by atoms with Crippen LogP contribution >= 0.6 is 12.4 Å². The number of benzene rings is 1. The normalized spacial score (nSPS) is 19.4. The van der Waals surface area contributed by atoms with Crippen molar-refractivity contribution < 1.29 is 9.59 Å². The van der Waals surface area contributed by atoms with Gasteiger partial charge < -0.3 is 16.4 Å². The lowest BCUT2D eigenvalue weighted by Gasteiger charge is -2.19. The van der Waals surface area contributed by atoms with Gasteiger partial charge in [-0.2, -0.15) is 5.10 Å². The highest BCUT2D eigenvalue weighted by Gasteiger charge is 2.27. The summed E-state index contributed by atoms with van der Waals surface area (Å²) in [5.41, 5.74) is 6.89. The summed E-state index contributed by atoms with van der Waals surface area (Å²) in [6.07, 6.45) is 3.42. The van der Waals surface area contributed by atoms with Crippen LogP contribution in [0, 0.1) is 5.92 Å². The number of H-pyrrole nitrogens is 1. The van der Waals surface area contributed by atoms with Crippen LogP contribution in [-0.2, 0) is 4.79 Å². The average molecular weight is 366 g/mol. The van der Waals surface area contributed by atoms with E-state index in [-0.39, 0.29) is 43.2 Å². The van der Waals surface area contributed by atoms with E-state index < -0.39 is 0 Å². The van der Waals surface area contributed by atoms with Gasteiger partial charge in [0.05, 0.1) is 5.52 Å². The smallest absolute Gasteiger partial charge is 0.272 e. The van der Waals surface area contributed by atoms with Crippen LogP contribution in [0.1, 0.15) is 36.2 Å². The fourth-order valence-electron chi connectivity index (χ4n) is 3.30. The largest absolute Gasteiger partial charge is 0.353 e. The molecule has 0 saturated heterocycles. The summed E-state index contributed by atoms with van der Waals surface area (Å²) in [7, 11) is 0. The van der Waals surface area contributed by atoms with E-state index >= 15 is 0 Å². The first-order valence-corrected chi connectivity index (χ1v) is 8.39. The molecule has 2 atom stereocenters. The molecule has 2 aromatic rings. The molecule has 0 bridgehead atoms. The van der Waals surface area contributed by atoms with Gasteiger partial charge in [-0.15, -0.1) is 12.4 Å². The number of nitrogens with two attached hydrogens (primary N) is 1. The van der Waals surface area contributed by atoms with E-state index in [0.717, 1.165) is 30.2 Å². The van der Waals surface area contributed by atoms with Crippen LogP contribution in [0.25, 0.3) is 10.9 Å². The van der Waals surface area contributed by atoms with Gasteiger partial charge in [-0.1, -0.05) is 24.6 Å². The number of aromatic nitrogens is 2. The summed E-state index contributed by atoms with van der Waals surface area (Å²) in [6, 6.07) is 7.62. The summed E-state index contributed by atoms with van der Waals surface area (Å²) in [6.45, 7) is 0.889. The molecule has 1 fully saturated rings. The number of carbonyl (C=O) groups excluding carboxylic acids is 2. The SMILES string of the molecule is Cl.NCC1CCCC1NC(=O)CCNC(=O)c1n[nH]c2ccccc12. The minimum Gasteiger partial charge on any atom is -0.353 e. The highest BCUT2D eigenvalue weighted by Crippen LogP contribution is 2.24. The van der Waals surface area contributed by atoms with Crippen LogP contribution in [-0.4, -0.2) is 41.1 Å². The van der Waals surface area contributed by atoms with Crippen LogP contribution in [0.4, 0.5) is 0 Å². The minimum atomic E-state index is -0.277. The number of nitrogens with one attached hydrogen (secondary N) is 3. The van der Waals surface area contributed by atoms with Gasteiger partial charge in [0.2, 0.25) is 5.91 Å². The molecule has 0 spiro atoms. The van der Waals surface area contributed by atoms with Crippen molar-refractivity contribution in [2.45, 2.75) is 31.7 Å². The monoisotopic (exact) mass is 365 g/mol. The molecule has 3 rings (SSSR count). The molecule has 25 heavy (non-hydrogen) atoms. The number of fused-ring (bicyclic) bond motifs is 1. The second-order valence-corrected chi connectivity index (χ2v) is 6.22. The third-order valence-corrected chi connectivity index (χ3v) is 4.63. The van der Waals surface area contributed by atoms with Crippen LogP contribution < -0.4 is 16.4 Å². The van der Waals surface area contributed by atoms with Crippen LogP contribution in [0.5, 0.6) is 0 Å². The van der Waals surface area contributed by atoms with Gasteiger partial charge in [0.1, 0.15) is 0 Å². The van der Waals surface area contributed by atoms with E-state index in [0.29, 0.717) is 18.2 Å². The van der Waals surface area contributed by atoms with Crippen molar-refractivity contribution in [1.29, 1.82) is 0 Å². The maximum atomic E-state index is 12.2. The number of rotatable bonds is 6. The zero-order valence-corrected chi connectivity index (χ0v) is 14.8. The fourth-order valence-corrected chi connectivity index (χ4v) is 3.30. The average Bonchev–Trinajstić information content (AvgIpc) is 3.20. The number of amides is 2. The molecular formula is C17H24ClN5O2. The number of nitrogens with zero attached hydrogens (tertiary/aromatic N) is 1. The van der Waals surface area contributed by atoms with Crippen molar-refractivity contribution in [3.05, 3.63) is 30.0 Å². The number of para-hydroxylation sites is 1. The van der Waals surface area contributed by atoms with Crippen molar-refractivity contribution in [1.82, 2.24) is 20.8 Å². The molecule has 0 aliphatic heterocycles. The minimum absolute atomic E-state index is 0. The molecule has 1 aromatic carbocycles. The molecule has 8 heteroatoms. The maximum Gasteiger partial charge on any atom is 0.272 e. The van der Waals surface area contributed by atoms with E-state index in [1.165, 1.54) is 0 Å². The third kappa shape index (κ3) is 4.49. The summed E-state index contributed by atoms with van der Waals surface area (Å²) in [5.74, 6) is 0.0486. The van der Waals surface area contributed by atoms with E-state index in [1.54, 1.807) is 0 Å². The van der Waals surface area contributed by atoms with Crippen LogP contribution in [0.2, 0.25) is 0 Å². The number of hydrogen-bond donors (Lipinski definition) is 4. The quantitative estimate of drug-likeness (QED) is 0.618. The Morgan fingerprint density at radius 1 is 1.28 bits per heavy atom. The Bertz CT molecular complexity index is 733. The highest BCUT2D eigenvalue weighted by atomic mass is 35.5. The van der Waals surface area contributed by atoms with E-state index in [9.17, 15) is 9.59 Å². The Morgan fingerprint density at radius 2 is 2.08 bits per heavy atom. The zero-order chi connectivity index (χ0) is 16.9. The Labute approximate surface area is 152 Å². The molecule has 1 heterocycles.